The molecule has 0 saturated carbocycles. The number of aryl methyl sites for hydroxylation is 1. The van der Waals surface area contributed by atoms with Crippen molar-refractivity contribution in [2.75, 3.05) is 19.7 Å². The maximum Gasteiger partial charge on any atom is 0.222 e. The second kappa shape index (κ2) is 15.5. The van der Waals surface area contributed by atoms with Crippen LogP contribution in [-0.2, 0) is 29.0 Å². The van der Waals surface area contributed by atoms with Gasteiger partial charge in [0.15, 0.2) is 0 Å². The number of hydrogen-bond acceptors (Lipinski definition) is 5. The van der Waals surface area contributed by atoms with Crippen LogP contribution in [0.5, 0.6) is 11.5 Å². The third kappa shape index (κ3) is 9.68. The van der Waals surface area contributed by atoms with Crippen LogP contribution in [-0.4, -0.2) is 42.5 Å². The summed E-state index contributed by atoms with van der Waals surface area (Å²) in [6.45, 7) is 4.42. The van der Waals surface area contributed by atoms with Crippen LogP contribution in [0.4, 0.5) is 0 Å². The van der Waals surface area contributed by atoms with Gasteiger partial charge in [-0.2, -0.15) is 5.26 Å². The number of carbonyl (C=O) groups excluding carboxylic acids is 2. The molecule has 0 radical (unpaired) electrons. The van der Waals surface area contributed by atoms with Gasteiger partial charge in [0.2, 0.25) is 11.8 Å². The summed E-state index contributed by atoms with van der Waals surface area (Å²) in [7, 11) is 0. The molecule has 3 aromatic rings. The number of nitrogens with one attached hydrogen (secondary N) is 1. The summed E-state index contributed by atoms with van der Waals surface area (Å²) in [5, 5.41) is 12.5. The zero-order chi connectivity index (χ0) is 28.9. The number of piperidine rings is 1. The summed E-state index contributed by atoms with van der Waals surface area (Å²) in [6, 6.07) is 27.1. The Morgan fingerprint density at radius 2 is 1.54 bits per heavy atom. The van der Waals surface area contributed by atoms with Crippen molar-refractivity contribution in [3.63, 3.8) is 0 Å². The standard InChI is InChI=1S/C34H39N3O4/c1-2-40-31-13-8-26(9-14-31)12-17-34(39)37-20-18-28(19-21-37)23-33(38)36-30(24-35)22-27-10-15-32(16-11-27)41-25-29-6-4-3-5-7-29/h3-11,13-16,28,30H,2,12,17-23,25H2,1H3,(H,36,38)/t30-/m0/s1. The smallest absolute Gasteiger partial charge is 0.222 e. The molecule has 1 N–H and O–H groups in total. The monoisotopic (exact) mass is 553 g/mol. The molecule has 1 aliphatic rings. The van der Waals surface area contributed by atoms with Crippen LogP contribution < -0.4 is 14.8 Å². The Hall–Kier alpha value is -4.31. The van der Waals surface area contributed by atoms with Gasteiger partial charge in [-0.25, -0.2) is 0 Å². The van der Waals surface area contributed by atoms with E-state index in [4.69, 9.17) is 9.47 Å². The highest BCUT2D eigenvalue weighted by Gasteiger charge is 2.25. The van der Waals surface area contributed by atoms with E-state index in [2.05, 4.69) is 11.4 Å². The van der Waals surface area contributed by atoms with Crippen molar-refractivity contribution in [3.8, 4) is 17.6 Å². The molecule has 0 aromatic heterocycles. The molecule has 41 heavy (non-hydrogen) atoms. The summed E-state index contributed by atoms with van der Waals surface area (Å²) < 4.78 is 11.3. The van der Waals surface area contributed by atoms with E-state index in [-0.39, 0.29) is 17.7 Å². The lowest BCUT2D eigenvalue weighted by atomic mass is 9.92. The number of likely N-dealkylation sites (tertiary alicyclic amines) is 1. The highest BCUT2D eigenvalue weighted by atomic mass is 16.5. The van der Waals surface area contributed by atoms with E-state index in [1.807, 2.05) is 90.7 Å². The molecule has 7 nitrogen and oxygen atoms in total. The SMILES string of the molecule is CCOc1ccc(CCC(=O)N2CCC(CC(=O)N[C@H](C#N)Cc3ccc(OCc4ccccc4)cc3)CC2)cc1. The zero-order valence-electron chi connectivity index (χ0n) is 23.8. The van der Waals surface area contributed by atoms with Gasteiger partial charge >= 0.3 is 0 Å². The first-order valence-corrected chi connectivity index (χ1v) is 14.5. The van der Waals surface area contributed by atoms with Crippen LogP contribution >= 0.6 is 0 Å². The normalized spacial score (nSPS) is 14.1. The van der Waals surface area contributed by atoms with Crippen molar-refractivity contribution in [2.24, 2.45) is 5.92 Å². The topological polar surface area (TPSA) is 91.7 Å². The predicted molar refractivity (Wildman–Crippen MR) is 158 cm³/mol. The third-order valence-electron chi connectivity index (χ3n) is 7.41. The van der Waals surface area contributed by atoms with Crippen LogP contribution in [0.25, 0.3) is 0 Å². The van der Waals surface area contributed by atoms with Crippen LogP contribution in [0, 0.1) is 17.2 Å². The number of benzene rings is 3. The van der Waals surface area contributed by atoms with Crippen molar-refractivity contribution in [2.45, 2.75) is 58.1 Å². The van der Waals surface area contributed by atoms with E-state index in [0.29, 0.717) is 52.0 Å². The predicted octanol–water partition coefficient (Wildman–Crippen LogP) is 5.48. The second-order valence-electron chi connectivity index (χ2n) is 10.5. The van der Waals surface area contributed by atoms with Crippen molar-refractivity contribution >= 4 is 11.8 Å². The Balaban J connectivity index is 1.14. The lowest BCUT2D eigenvalue weighted by Gasteiger charge is -2.32. The van der Waals surface area contributed by atoms with Gasteiger partial charge in [0.1, 0.15) is 24.1 Å². The Bertz CT molecular complexity index is 1280. The average molecular weight is 554 g/mol. The fraction of sp³-hybridized carbons (Fsp3) is 0.382. The number of nitrogens with zero attached hydrogens (tertiary/aromatic N) is 2. The van der Waals surface area contributed by atoms with Crippen LogP contribution in [0.1, 0.15) is 49.3 Å². The zero-order valence-corrected chi connectivity index (χ0v) is 23.8. The second-order valence-corrected chi connectivity index (χ2v) is 10.5. The molecular weight excluding hydrogens is 514 g/mol. The van der Waals surface area contributed by atoms with Gasteiger partial charge in [0.25, 0.3) is 0 Å². The molecule has 1 aliphatic heterocycles. The van der Waals surface area contributed by atoms with E-state index in [1.54, 1.807) is 0 Å². The fourth-order valence-corrected chi connectivity index (χ4v) is 5.06. The van der Waals surface area contributed by atoms with E-state index in [9.17, 15) is 14.9 Å². The summed E-state index contributed by atoms with van der Waals surface area (Å²) in [5.41, 5.74) is 3.18. The third-order valence-corrected chi connectivity index (χ3v) is 7.41. The molecule has 1 fully saturated rings. The molecule has 1 saturated heterocycles. The first-order valence-electron chi connectivity index (χ1n) is 14.5. The average Bonchev–Trinajstić information content (AvgIpc) is 3.01. The first-order chi connectivity index (χ1) is 20.0. The summed E-state index contributed by atoms with van der Waals surface area (Å²) in [6.07, 6.45) is 3.57. The first kappa shape index (κ1) is 29.7. The lowest BCUT2D eigenvalue weighted by molar-refractivity contribution is -0.132. The molecule has 3 aromatic carbocycles. The fourth-order valence-electron chi connectivity index (χ4n) is 5.06. The van der Waals surface area contributed by atoms with Gasteiger partial charge in [0, 0.05) is 32.4 Å². The Labute approximate surface area is 243 Å². The van der Waals surface area contributed by atoms with Crippen LogP contribution in [0.2, 0.25) is 0 Å². The van der Waals surface area contributed by atoms with E-state index in [0.717, 1.165) is 41.0 Å². The van der Waals surface area contributed by atoms with E-state index in [1.165, 1.54) is 0 Å². The molecule has 4 rings (SSSR count). The number of hydrogen-bond donors (Lipinski definition) is 1. The maximum atomic E-state index is 12.7. The maximum absolute atomic E-state index is 12.7. The number of carbonyl (C=O) groups is 2. The van der Waals surface area contributed by atoms with Gasteiger partial charge < -0.3 is 19.7 Å². The number of amides is 2. The molecule has 1 heterocycles. The van der Waals surface area contributed by atoms with E-state index >= 15 is 0 Å². The molecule has 1 atom stereocenters. The highest BCUT2D eigenvalue weighted by Crippen LogP contribution is 2.22. The molecule has 7 heteroatoms. The van der Waals surface area contributed by atoms with Crippen LogP contribution in [0.3, 0.4) is 0 Å². The van der Waals surface area contributed by atoms with Gasteiger partial charge in [0.05, 0.1) is 12.7 Å². The molecule has 0 spiro atoms. The quantitative estimate of drug-likeness (QED) is 0.303. The molecule has 0 aliphatic carbocycles. The largest absolute Gasteiger partial charge is 0.494 e. The van der Waals surface area contributed by atoms with E-state index < -0.39 is 6.04 Å². The van der Waals surface area contributed by atoms with Gasteiger partial charge in [-0.3, -0.25) is 9.59 Å². The number of nitriles is 1. The lowest BCUT2D eigenvalue weighted by Crippen LogP contribution is -2.41. The summed E-state index contributed by atoms with van der Waals surface area (Å²) >= 11 is 0. The molecule has 0 unspecified atom stereocenters. The van der Waals surface area contributed by atoms with Crippen molar-refractivity contribution in [3.05, 3.63) is 95.6 Å². The van der Waals surface area contributed by atoms with Crippen molar-refractivity contribution < 1.29 is 19.1 Å². The van der Waals surface area contributed by atoms with Crippen molar-refractivity contribution in [1.82, 2.24) is 10.2 Å². The van der Waals surface area contributed by atoms with Crippen molar-refractivity contribution in [1.29, 1.82) is 5.26 Å². The summed E-state index contributed by atoms with van der Waals surface area (Å²) in [5.74, 6) is 1.86. The number of rotatable bonds is 13. The minimum absolute atomic E-state index is 0.111. The van der Waals surface area contributed by atoms with Gasteiger partial charge in [-0.15, -0.1) is 0 Å². The highest BCUT2D eigenvalue weighted by molar-refractivity contribution is 5.77. The minimum Gasteiger partial charge on any atom is -0.494 e. The summed E-state index contributed by atoms with van der Waals surface area (Å²) in [4.78, 5) is 27.4. The molecule has 214 valence electrons. The minimum atomic E-state index is -0.595. The van der Waals surface area contributed by atoms with Gasteiger partial charge in [-0.1, -0.05) is 54.6 Å². The molecule has 2 amide bonds. The Morgan fingerprint density at radius 1 is 0.902 bits per heavy atom. The molecular formula is C34H39N3O4. The Kier molecular flexibility index (Phi) is 11.2. The van der Waals surface area contributed by atoms with Crippen LogP contribution in [0.15, 0.2) is 78.9 Å². The Morgan fingerprint density at radius 3 is 2.17 bits per heavy atom. The molecule has 0 bridgehead atoms. The number of ether oxygens (including phenoxy) is 2. The van der Waals surface area contributed by atoms with Gasteiger partial charge in [-0.05, 0) is 73.1 Å².